The van der Waals surface area contributed by atoms with Crippen molar-refractivity contribution in [2.24, 2.45) is 0 Å². The number of ether oxygens (including phenoxy) is 2. The van der Waals surface area contributed by atoms with Gasteiger partial charge in [0.2, 0.25) is 11.8 Å². The van der Waals surface area contributed by atoms with Crippen LogP contribution in [0.5, 0.6) is 0 Å². The molecule has 166 valence electrons. The Morgan fingerprint density at radius 2 is 1.10 bits per heavy atom. The molecule has 12 heteroatoms. The first kappa shape index (κ1) is 23.9. The summed E-state index contributed by atoms with van der Waals surface area (Å²) in [5.74, 6) is -1.05. The molecule has 2 fully saturated rings. The van der Waals surface area contributed by atoms with Crippen LogP contribution in [0.3, 0.4) is 0 Å². The van der Waals surface area contributed by atoms with Crippen LogP contribution >= 0.6 is 0 Å². The number of hydrogen-bond acceptors (Lipinski definition) is 10. The fraction of sp³-hybridized carbons (Fsp3) is 0.765. The highest BCUT2D eigenvalue weighted by Crippen LogP contribution is 2.37. The summed E-state index contributed by atoms with van der Waals surface area (Å²) in [6.45, 7) is 1.14. The fourth-order valence-electron chi connectivity index (χ4n) is 3.43. The topological polar surface area (TPSA) is 198 Å². The molecule has 2 aliphatic rings. The molecule has 29 heavy (non-hydrogen) atoms. The highest BCUT2D eigenvalue weighted by Gasteiger charge is 2.51. The molecule has 2 rings (SSSR count). The summed E-state index contributed by atoms with van der Waals surface area (Å²) in [6, 6.07) is -2.34. The third-order valence-corrected chi connectivity index (χ3v) is 4.87. The molecule has 0 bridgehead atoms. The molecular weight excluding hydrogens is 392 g/mol. The number of aliphatic hydroxyl groups is 6. The maximum atomic E-state index is 11.5. The van der Waals surface area contributed by atoms with Gasteiger partial charge in [0, 0.05) is 20.3 Å². The molecule has 2 heterocycles. The maximum Gasteiger partial charge on any atom is 0.217 e. The Morgan fingerprint density at radius 1 is 0.759 bits per heavy atom. The highest BCUT2D eigenvalue weighted by atomic mass is 16.5. The predicted molar refractivity (Wildman–Crippen MR) is 94.3 cm³/mol. The van der Waals surface area contributed by atoms with Gasteiger partial charge < -0.3 is 50.7 Å². The summed E-state index contributed by atoms with van der Waals surface area (Å²) in [6.07, 6.45) is -8.61. The summed E-state index contributed by atoms with van der Waals surface area (Å²) in [5, 5.41) is 64.5. The molecule has 12 nitrogen and oxygen atoms in total. The maximum absolute atomic E-state index is 11.5. The first-order valence-corrected chi connectivity index (χ1v) is 9.13. The number of carbonyl (C=O) groups is 2. The third-order valence-electron chi connectivity index (χ3n) is 4.87. The van der Waals surface area contributed by atoms with Crippen LogP contribution in [0.1, 0.15) is 20.3 Å². The van der Waals surface area contributed by atoms with Crippen molar-refractivity contribution < 1.29 is 49.7 Å². The smallest absolute Gasteiger partial charge is 0.217 e. The van der Waals surface area contributed by atoms with Gasteiger partial charge in [0.25, 0.3) is 0 Å². The molecule has 0 saturated carbocycles. The molecule has 0 aliphatic carbocycles. The lowest BCUT2D eigenvalue weighted by atomic mass is 9.85. The van der Waals surface area contributed by atoms with Gasteiger partial charge in [-0.2, -0.15) is 0 Å². The average Bonchev–Trinajstić information content (AvgIpc) is 2.66. The average molecular weight is 420 g/mol. The van der Waals surface area contributed by atoms with Crippen molar-refractivity contribution >= 4 is 11.8 Å². The zero-order valence-corrected chi connectivity index (χ0v) is 16.1. The lowest BCUT2D eigenvalue weighted by Crippen LogP contribution is -2.64. The molecule has 2 aliphatic heterocycles. The monoisotopic (exact) mass is 420 g/mol. The second-order valence-corrected chi connectivity index (χ2v) is 7.11. The van der Waals surface area contributed by atoms with Gasteiger partial charge in [0.15, 0.2) is 0 Å². The van der Waals surface area contributed by atoms with Crippen molar-refractivity contribution in [3.63, 3.8) is 0 Å². The van der Waals surface area contributed by atoms with E-state index < -0.39 is 73.7 Å². The summed E-state index contributed by atoms with van der Waals surface area (Å²) in [4.78, 5) is 23.1. The number of aliphatic hydroxyl groups excluding tert-OH is 6. The van der Waals surface area contributed by atoms with Crippen LogP contribution in [0.15, 0.2) is 0 Å². The van der Waals surface area contributed by atoms with Gasteiger partial charge >= 0.3 is 0 Å². The van der Waals surface area contributed by atoms with Gasteiger partial charge in [-0.05, 0) is 0 Å². The van der Waals surface area contributed by atoms with Crippen LogP contribution < -0.4 is 10.6 Å². The van der Waals surface area contributed by atoms with E-state index in [2.05, 4.69) is 10.6 Å². The summed E-state index contributed by atoms with van der Waals surface area (Å²) >= 11 is 0. The Hall–Kier alpha value is -1.38. The van der Waals surface area contributed by atoms with E-state index >= 15 is 0 Å². The van der Waals surface area contributed by atoms with Gasteiger partial charge in [0.05, 0.1) is 25.3 Å². The molecule has 8 N–H and O–H groups in total. The Labute approximate surface area is 167 Å². The molecule has 2 amide bonds. The lowest BCUT2D eigenvalue weighted by Gasteiger charge is -2.46. The van der Waals surface area contributed by atoms with E-state index in [9.17, 15) is 40.2 Å². The van der Waals surface area contributed by atoms with Crippen molar-refractivity contribution in [3.8, 4) is 0 Å². The van der Waals surface area contributed by atoms with Crippen molar-refractivity contribution in [2.45, 2.75) is 69.0 Å². The van der Waals surface area contributed by atoms with E-state index in [1.165, 1.54) is 13.8 Å². The summed E-state index contributed by atoms with van der Waals surface area (Å²) in [5.41, 5.74) is 0. The highest BCUT2D eigenvalue weighted by molar-refractivity contribution is 5.74. The standard InChI is InChI=1S/C17H28N2O10/c1-6(22)18-12-8(28-10(4-20)14(24)16(12)26)3-9-13(19-7(2)23)17(27)15(25)11(5-21)29-9/h10-17,20-21,24-27H,3-5H2,1-2H3,(H,18,22)(H,19,23)/t10-,11-,12+,13+,14-,15-,16-,17-/m1/s1. The van der Waals surface area contributed by atoms with Crippen LogP contribution in [-0.4, -0.2) is 104 Å². The minimum Gasteiger partial charge on any atom is -0.394 e. The van der Waals surface area contributed by atoms with Gasteiger partial charge in [-0.25, -0.2) is 0 Å². The SMILES string of the molecule is CC(=O)N[C@H]1[C](C[C]2O[C@H](CO)[C@@H](O)[C@H](O)[C@H]2NC(C)=O)O[C@H](CO)[C@@H](O)[C@@H]1O. The molecule has 2 radical (unpaired) electrons. The fourth-order valence-corrected chi connectivity index (χ4v) is 3.43. The largest absolute Gasteiger partial charge is 0.394 e. The van der Waals surface area contributed by atoms with E-state index in [1.807, 2.05) is 0 Å². The second kappa shape index (κ2) is 10.1. The van der Waals surface area contributed by atoms with Crippen molar-refractivity contribution in [1.82, 2.24) is 10.6 Å². The van der Waals surface area contributed by atoms with E-state index in [0.29, 0.717) is 0 Å². The lowest BCUT2D eigenvalue weighted by molar-refractivity contribution is -0.180. The van der Waals surface area contributed by atoms with Crippen LogP contribution in [0.2, 0.25) is 0 Å². The van der Waals surface area contributed by atoms with Crippen molar-refractivity contribution in [1.29, 1.82) is 0 Å². The third kappa shape index (κ3) is 5.41. The number of carbonyl (C=O) groups excluding carboxylic acids is 2. The number of amides is 2. The molecule has 2 saturated heterocycles. The minimum atomic E-state index is -1.51. The van der Waals surface area contributed by atoms with Crippen LogP contribution in [0, 0.1) is 12.2 Å². The van der Waals surface area contributed by atoms with Crippen LogP contribution in [0.25, 0.3) is 0 Å². The van der Waals surface area contributed by atoms with E-state index in [0.717, 1.165) is 0 Å². The Kier molecular flexibility index (Phi) is 8.31. The predicted octanol–water partition coefficient (Wildman–Crippen LogP) is -4.32. The quantitative estimate of drug-likeness (QED) is 0.208. The normalized spacial score (nSPS) is 39.2. The first-order chi connectivity index (χ1) is 13.6. The molecule has 0 spiro atoms. The molecule has 8 atom stereocenters. The van der Waals surface area contributed by atoms with Gasteiger partial charge in [0.1, 0.15) is 48.8 Å². The number of hydrogen-bond donors (Lipinski definition) is 8. The van der Waals surface area contributed by atoms with Crippen molar-refractivity contribution in [2.75, 3.05) is 13.2 Å². The van der Waals surface area contributed by atoms with E-state index in [-0.39, 0.29) is 18.6 Å². The molecule has 0 aromatic heterocycles. The van der Waals surface area contributed by atoms with E-state index in [1.54, 1.807) is 0 Å². The Balaban J connectivity index is 2.28. The number of rotatable bonds is 6. The summed E-state index contributed by atoms with van der Waals surface area (Å²) in [7, 11) is 0. The minimum absolute atomic E-state index is 0.00248. The first-order valence-electron chi connectivity index (χ1n) is 9.13. The molecular formula is C17H28N2O10. The Bertz CT molecular complexity index is 530. The van der Waals surface area contributed by atoms with Gasteiger partial charge in [-0.3, -0.25) is 9.59 Å². The van der Waals surface area contributed by atoms with Gasteiger partial charge in [-0.1, -0.05) is 0 Å². The zero-order chi connectivity index (χ0) is 21.9. The summed E-state index contributed by atoms with van der Waals surface area (Å²) < 4.78 is 11.1. The van der Waals surface area contributed by atoms with Gasteiger partial charge in [-0.15, -0.1) is 0 Å². The molecule has 0 aromatic carbocycles. The Morgan fingerprint density at radius 3 is 1.38 bits per heavy atom. The van der Waals surface area contributed by atoms with Crippen LogP contribution in [-0.2, 0) is 19.1 Å². The second-order valence-electron chi connectivity index (χ2n) is 7.11. The van der Waals surface area contributed by atoms with E-state index in [4.69, 9.17) is 9.47 Å². The van der Waals surface area contributed by atoms with Crippen LogP contribution in [0.4, 0.5) is 0 Å². The van der Waals surface area contributed by atoms with Crippen molar-refractivity contribution in [3.05, 3.63) is 12.2 Å². The zero-order valence-electron chi connectivity index (χ0n) is 16.1. The number of nitrogens with one attached hydrogen (secondary N) is 2. The molecule has 0 unspecified atom stereocenters. The molecule has 0 aromatic rings.